The van der Waals surface area contributed by atoms with E-state index in [1.54, 1.807) is 13.8 Å². The minimum Gasteiger partial charge on any atom is -0.477 e. The molecule has 0 fully saturated rings. The van der Waals surface area contributed by atoms with Crippen LogP contribution in [0.15, 0.2) is 10.3 Å². The van der Waals surface area contributed by atoms with Gasteiger partial charge in [0.05, 0.1) is 11.5 Å². The van der Waals surface area contributed by atoms with E-state index in [9.17, 15) is 13.2 Å². The Bertz CT molecular complexity index is 638. The fraction of sp³-hybridized carbons (Fsp3) is 0.455. The first kappa shape index (κ1) is 15.6. The number of aromatic carboxylic acids is 1. The summed E-state index contributed by atoms with van der Waals surface area (Å²) in [5.41, 5.74) is -0.481. The van der Waals surface area contributed by atoms with E-state index in [1.165, 1.54) is 12.3 Å². The van der Waals surface area contributed by atoms with Gasteiger partial charge in [-0.2, -0.15) is 5.26 Å². The second-order valence-electron chi connectivity index (χ2n) is 4.70. The summed E-state index contributed by atoms with van der Waals surface area (Å²) in [5.74, 6) is -1.28. The molecule has 1 heterocycles. The molecule has 104 valence electrons. The lowest BCUT2D eigenvalue weighted by atomic mass is 9.97. The Morgan fingerprint density at radius 1 is 1.58 bits per heavy atom. The molecule has 0 atom stereocenters. The van der Waals surface area contributed by atoms with Gasteiger partial charge < -0.3 is 5.11 Å². The van der Waals surface area contributed by atoms with Crippen molar-refractivity contribution < 1.29 is 18.3 Å². The van der Waals surface area contributed by atoms with Gasteiger partial charge in [0.2, 0.25) is 10.0 Å². The van der Waals surface area contributed by atoms with Gasteiger partial charge in [-0.1, -0.05) is 0 Å². The van der Waals surface area contributed by atoms with Crippen LogP contribution in [-0.2, 0) is 10.0 Å². The summed E-state index contributed by atoms with van der Waals surface area (Å²) in [6, 6.07) is 1.97. The highest BCUT2D eigenvalue weighted by molar-refractivity contribution is 7.89. The molecule has 1 aromatic rings. The zero-order chi connectivity index (χ0) is 14.8. The van der Waals surface area contributed by atoms with E-state index in [-0.39, 0.29) is 16.3 Å². The highest BCUT2D eigenvalue weighted by atomic mass is 32.2. The minimum atomic E-state index is -3.94. The molecule has 0 saturated carbocycles. The third-order valence-electron chi connectivity index (χ3n) is 2.39. The number of nitrogens with zero attached hydrogens (tertiary/aromatic N) is 1. The smallest absolute Gasteiger partial charge is 0.347 e. The van der Waals surface area contributed by atoms with Gasteiger partial charge in [0.1, 0.15) is 9.77 Å². The first-order valence-corrected chi connectivity index (χ1v) is 7.69. The largest absolute Gasteiger partial charge is 0.477 e. The van der Waals surface area contributed by atoms with Crippen molar-refractivity contribution in [2.75, 3.05) is 6.54 Å². The van der Waals surface area contributed by atoms with E-state index in [2.05, 4.69) is 4.72 Å². The number of carbonyl (C=O) groups is 1. The molecule has 1 aromatic heterocycles. The first-order chi connectivity index (χ1) is 8.60. The predicted molar refractivity (Wildman–Crippen MR) is 70.6 cm³/mol. The molecule has 8 heteroatoms. The Balaban J connectivity index is 3.12. The Kier molecular flexibility index (Phi) is 4.35. The van der Waals surface area contributed by atoms with Crippen LogP contribution in [0.1, 0.15) is 29.1 Å². The summed E-state index contributed by atoms with van der Waals surface area (Å²) in [6.45, 7) is 4.63. The van der Waals surface area contributed by atoms with E-state index >= 15 is 0 Å². The fourth-order valence-electron chi connectivity index (χ4n) is 1.30. The molecule has 0 unspecified atom stereocenters. The van der Waals surface area contributed by atoms with Gasteiger partial charge >= 0.3 is 5.97 Å². The summed E-state index contributed by atoms with van der Waals surface area (Å²) < 4.78 is 26.5. The van der Waals surface area contributed by atoms with E-state index in [0.717, 1.165) is 11.3 Å². The van der Waals surface area contributed by atoms with Crippen molar-refractivity contribution in [2.24, 2.45) is 5.41 Å². The van der Waals surface area contributed by atoms with Crippen LogP contribution in [-0.4, -0.2) is 26.0 Å². The predicted octanol–water partition coefficient (Wildman–Crippen LogP) is 1.58. The molecule has 0 amide bonds. The van der Waals surface area contributed by atoms with Crippen LogP contribution in [0.4, 0.5) is 0 Å². The van der Waals surface area contributed by atoms with Crippen LogP contribution >= 0.6 is 11.3 Å². The number of hydrogen-bond donors (Lipinski definition) is 2. The van der Waals surface area contributed by atoms with Crippen molar-refractivity contribution >= 4 is 27.3 Å². The summed E-state index contributed by atoms with van der Waals surface area (Å²) in [4.78, 5) is 10.6. The normalized spacial score (nSPS) is 12.1. The van der Waals surface area contributed by atoms with Crippen molar-refractivity contribution in [2.45, 2.75) is 25.7 Å². The lowest BCUT2D eigenvalue weighted by molar-refractivity contribution is 0.0698. The summed E-state index contributed by atoms with van der Waals surface area (Å²) in [5, 5.41) is 19.3. The number of aryl methyl sites for hydroxylation is 1. The molecule has 2 N–H and O–H groups in total. The maximum atomic E-state index is 12.1. The number of rotatable bonds is 5. The van der Waals surface area contributed by atoms with Gasteiger partial charge in [-0.25, -0.2) is 17.9 Å². The van der Waals surface area contributed by atoms with Crippen LogP contribution in [0.5, 0.6) is 0 Å². The highest BCUT2D eigenvalue weighted by Gasteiger charge is 2.28. The molecule has 0 aliphatic heterocycles. The molecular formula is C11H14N2O4S2. The lowest BCUT2D eigenvalue weighted by Crippen LogP contribution is -2.33. The summed E-state index contributed by atoms with van der Waals surface area (Å²) in [7, 11) is -3.94. The number of carboxylic acid groups (broad SMARTS) is 1. The van der Waals surface area contributed by atoms with E-state index in [4.69, 9.17) is 10.4 Å². The molecule has 1 rings (SSSR count). The molecule has 6 nitrogen and oxygen atoms in total. The fourth-order valence-corrected chi connectivity index (χ4v) is 4.14. The van der Waals surface area contributed by atoms with Crippen LogP contribution in [0.3, 0.4) is 0 Å². The maximum Gasteiger partial charge on any atom is 0.347 e. The highest BCUT2D eigenvalue weighted by Crippen LogP contribution is 2.27. The van der Waals surface area contributed by atoms with Crippen LogP contribution in [0, 0.1) is 23.7 Å². The third kappa shape index (κ3) is 3.53. The number of nitrogens with one attached hydrogen (secondary N) is 1. The Morgan fingerprint density at radius 2 is 2.16 bits per heavy atom. The average molecular weight is 302 g/mol. The number of nitriles is 1. The molecule has 0 saturated heterocycles. The number of sulfonamides is 1. The van der Waals surface area contributed by atoms with Gasteiger partial charge in [-0.05, 0) is 31.7 Å². The lowest BCUT2D eigenvalue weighted by Gasteiger charge is -2.16. The Morgan fingerprint density at radius 3 is 2.63 bits per heavy atom. The molecule has 0 radical (unpaired) electrons. The second-order valence-corrected chi connectivity index (χ2v) is 7.29. The molecule has 0 bridgehead atoms. The van der Waals surface area contributed by atoms with Gasteiger partial charge in [0.15, 0.2) is 0 Å². The van der Waals surface area contributed by atoms with Gasteiger partial charge in [0, 0.05) is 6.54 Å². The molecule has 0 aliphatic rings. The number of hydrogen-bond acceptors (Lipinski definition) is 5. The minimum absolute atomic E-state index is 0.0832. The molecule has 0 aromatic carbocycles. The van der Waals surface area contributed by atoms with E-state index < -0.39 is 21.4 Å². The van der Waals surface area contributed by atoms with Gasteiger partial charge in [-0.15, -0.1) is 11.3 Å². The van der Waals surface area contributed by atoms with Crippen LogP contribution < -0.4 is 4.72 Å². The van der Waals surface area contributed by atoms with E-state index in [1.807, 2.05) is 6.07 Å². The van der Waals surface area contributed by atoms with Crippen molar-refractivity contribution in [1.82, 2.24) is 4.72 Å². The van der Waals surface area contributed by atoms with Crippen molar-refractivity contribution in [3.05, 3.63) is 15.8 Å². The quantitative estimate of drug-likeness (QED) is 0.858. The van der Waals surface area contributed by atoms with Crippen molar-refractivity contribution in [3.63, 3.8) is 0 Å². The van der Waals surface area contributed by atoms with Crippen LogP contribution in [0.2, 0.25) is 0 Å². The first-order valence-electron chi connectivity index (χ1n) is 5.33. The third-order valence-corrected chi connectivity index (χ3v) is 5.19. The van der Waals surface area contributed by atoms with E-state index in [0.29, 0.717) is 5.56 Å². The number of thiophene rings is 1. The number of carboxylic acids is 1. The van der Waals surface area contributed by atoms with Crippen molar-refractivity contribution in [1.29, 1.82) is 5.26 Å². The van der Waals surface area contributed by atoms with Crippen molar-refractivity contribution in [3.8, 4) is 6.07 Å². The summed E-state index contributed by atoms with van der Waals surface area (Å²) >= 11 is 0.867. The molecule has 0 aliphatic carbocycles. The monoisotopic (exact) mass is 302 g/mol. The molecular weight excluding hydrogens is 288 g/mol. The van der Waals surface area contributed by atoms with Gasteiger partial charge in [-0.3, -0.25) is 0 Å². The average Bonchev–Trinajstić information content (AvgIpc) is 2.70. The molecule has 19 heavy (non-hydrogen) atoms. The van der Waals surface area contributed by atoms with Crippen LogP contribution in [0.25, 0.3) is 0 Å². The molecule has 0 spiro atoms. The standard InChI is InChI=1S/C11H14N2O4S2/c1-7-4-18-8(10(14)15)9(7)19(16,17)13-6-11(2,3)5-12/h4,13H,6H2,1-3H3,(H,14,15). The topological polar surface area (TPSA) is 107 Å². The summed E-state index contributed by atoms with van der Waals surface area (Å²) in [6.07, 6.45) is 0. The zero-order valence-electron chi connectivity index (χ0n) is 10.7. The SMILES string of the molecule is Cc1csc(C(=O)O)c1S(=O)(=O)NCC(C)(C)C#N. The zero-order valence-corrected chi connectivity index (χ0v) is 12.4. The Labute approximate surface area is 115 Å². The van der Waals surface area contributed by atoms with Gasteiger partial charge in [0.25, 0.3) is 0 Å². The maximum absolute atomic E-state index is 12.1. The Hall–Kier alpha value is -1.43. The second kappa shape index (κ2) is 5.28.